The Morgan fingerprint density at radius 3 is 1.82 bits per heavy atom. The molecule has 1 aromatic carbocycles. The fourth-order valence-electron chi connectivity index (χ4n) is 2.06. The van der Waals surface area contributed by atoms with Crippen LogP contribution in [0.5, 0.6) is 0 Å². The maximum atomic E-state index is 4.41. The molecule has 0 aliphatic heterocycles. The van der Waals surface area contributed by atoms with Crippen LogP contribution in [0.2, 0.25) is 0 Å². The lowest BCUT2D eigenvalue weighted by molar-refractivity contribution is 0.867. The molecule has 1 heterocycles. The number of benzene rings is 1. The van der Waals surface area contributed by atoms with E-state index in [-0.39, 0.29) is 0 Å². The highest BCUT2D eigenvalue weighted by atomic mass is 14.7. The highest BCUT2D eigenvalue weighted by Gasteiger charge is 2.02. The van der Waals surface area contributed by atoms with Gasteiger partial charge in [0.15, 0.2) is 0 Å². The topological polar surface area (TPSA) is 12.9 Å². The Bertz CT molecular complexity index is 489. The van der Waals surface area contributed by atoms with Gasteiger partial charge in [-0.1, -0.05) is 38.1 Å². The number of pyridine rings is 1. The van der Waals surface area contributed by atoms with Crippen molar-refractivity contribution in [2.24, 2.45) is 0 Å². The summed E-state index contributed by atoms with van der Waals surface area (Å²) in [5, 5.41) is 0. The van der Waals surface area contributed by atoms with Crippen LogP contribution in [0.1, 0.15) is 36.7 Å². The van der Waals surface area contributed by atoms with Crippen LogP contribution < -0.4 is 0 Å². The van der Waals surface area contributed by atoms with Gasteiger partial charge in [0.1, 0.15) is 0 Å². The molecule has 0 spiro atoms. The smallest absolute Gasteiger partial charge is 0.0382 e. The van der Waals surface area contributed by atoms with E-state index in [1.54, 1.807) is 0 Å². The Morgan fingerprint density at radius 1 is 0.824 bits per heavy atom. The zero-order valence-corrected chi connectivity index (χ0v) is 11.0. The maximum absolute atomic E-state index is 4.41. The molecule has 1 nitrogen and oxygen atoms in total. The van der Waals surface area contributed by atoms with E-state index < -0.39 is 0 Å². The van der Waals surface area contributed by atoms with E-state index in [4.69, 9.17) is 0 Å². The molecular formula is C16H19N. The van der Waals surface area contributed by atoms with Crippen LogP contribution >= 0.6 is 0 Å². The minimum Gasteiger partial charge on any atom is -0.258 e. The molecule has 0 saturated heterocycles. The first-order chi connectivity index (χ1) is 8.06. The third kappa shape index (κ3) is 2.73. The van der Waals surface area contributed by atoms with Crippen molar-refractivity contribution in [3.8, 4) is 11.1 Å². The molecule has 88 valence electrons. The SMILES string of the molecule is Cc1cc(-c2ccc(C(C)C)cc2)cc(C)n1. The van der Waals surface area contributed by atoms with Gasteiger partial charge in [0, 0.05) is 11.4 Å². The first-order valence-electron chi connectivity index (χ1n) is 6.12. The van der Waals surface area contributed by atoms with Crippen molar-refractivity contribution >= 4 is 0 Å². The average molecular weight is 225 g/mol. The summed E-state index contributed by atoms with van der Waals surface area (Å²) in [6, 6.07) is 13.1. The molecule has 0 aliphatic carbocycles. The lowest BCUT2D eigenvalue weighted by Gasteiger charge is -2.08. The number of aromatic nitrogens is 1. The largest absolute Gasteiger partial charge is 0.258 e. The Labute approximate surface area is 104 Å². The third-order valence-electron chi connectivity index (χ3n) is 2.99. The van der Waals surface area contributed by atoms with Gasteiger partial charge < -0.3 is 0 Å². The minimum absolute atomic E-state index is 0.588. The highest BCUT2D eigenvalue weighted by molar-refractivity contribution is 5.64. The van der Waals surface area contributed by atoms with Crippen LogP contribution in [0.15, 0.2) is 36.4 Å². The van der Waals surface area contributed by atoms with E-state index in [2.05, 4.69) is 55.2 Å². The van der Waals surface area contributed by atoms with Crippen molar-refractivity contribution in [2.45, 2.75) is 33.6 Å². The molecule has 1 aromatic heterocycles. The zero-order chi connectivity index (χ0) is 12.4. The summed E-state index contributed by atoms with van der Waals surface area (Å²) in [5.74, 6) is 0.588. The lowest BCUT2D eigenvalue weighted by Crippen LogP contribution is -1.90. The molecule has 0 amide bonds. The normalized spacial score (nSPS) is 10.9. The van der Waals surface area contributed by atoms with Crippen molar-refractivity contribution in [1.82, 2.24) is 4.98 Å². The summed E-state index contributed by atoms with van der Waals surface area (Å²) >= 11 is 0. The Hall–Kier alpha value is -1.63. The van der Waals surface area contributed by atoms with Crippen molar-refractivity contribution < 1.29 is 0 Å². The molecule has 2 rings (SSSR count). The summed E-state index contributed by atoms with van der Waals surface area (Å²) < 4.78 is 0. The number of rotatable bonds is 2. The van der Waals surface area contributed by atoms with Gasteiger partial charge in [-0.2, -0.15) is 0 Å². The quantitative estimate of drug-likeness (QED) is 0.734. The Kier molecular flexibility index (Phi) is 3.28. The molecule has 0 aliphatic rings. The highest BCUT2D eigenvalue weighted by Crippen LogP contribution is 2.23. The van der Waals surface area contributed by atoms with Gasteiger partial charge in [-0.05, 0) is 48.6 Å². The fourth-order valence-corrected chi connectivity index (χ4v) is 2.06. The average Bonchev–Trinajstić information content (AvgIpc) is 2.28. The van der Waals surface area contributed by atoms with Gasteiger partial charge in [-0.15, -0.1) is 0 Å². The van der Waals surface area contributed by atoms with Crippen LogP contribution in [0.25, 0.3) is 11.1 Å². The van der Waals surface area contributed by atoms with Crippen LogP contribution in [-0.4, -0.2) is 4.98 Å². The lowest BCUT2D eigenvalue weighted by atomic mass is 9.98. The van der Waals surface area contributed by atoms with E-state index >= 15 is 0 Å². The third-order valence-corrected chi connectivity index (χ3v) is 2.99. The monoisotopic (exact) mass is 225 g/mol. The molecule has 0 radical (unpaired) electrons. The molecule has 1 heteroatoms. The predicted octanol–water partition coefficient (Wildman–Crippen LogP) is 4.49. The van der Waals surface area contributed by atoms with E-state index in [1.807, 2.05) is 13.8 Å². The van der Waals surface area contributed by atoms with Gasteiger partial charge in [-0.25, -0.2) is 0 Å². The van der Waals surface area contributed by atoms with Crippen LogP contribution in [0.4, 0.5) is 0 Å². The zero-order valence-electron chi connectivity index (χ0n) is 11.0. The van der Waals surface area contributed by atoms with E-state index in [9.17, 15) is 0 Å². The van der Waals surface area contributed by atoms with Crippen LogP contribution in [0, 0.1) is 13.8 Å². The maximum Gasteiger partial charge on any atom is 0.0382 e. The fraction of sp³-hybridized carbons (Fsp3) is 0.312. The molecule has 0 bridgehead atoms. The second-order valence-electron chi connectivity index (χ2n) is 4.92. The molecule has 0 atom stereocenters. The van der Waals surface area contributed by atoms with Crippen LogP contribution in [0.3, 0.4) is 0 Å². The number of aryl methyl sites for hydroxylation is 2. The second-order valence-corrected chi connectivity index (χ2v) is 4.92. The van der Waals surface area contributed by atoms with Crippen LogP contribution in [-0.2, 0) is 0 Å². The van der Waals surface area contributed by atoms with Gasteiger partial charge in [0.25, 0.3) is 0 Å². The standard InChI is InChI=1S/C16H19N/c1-11(2)14-5-7-15(8-6-14)16-9-12(3)17-13(4)10-16/h5-11H,1-4H3. The minimum atomic E-state index is 0.588. The Balaban J connectivity index is 2.39. The molecular weight excluding hydrogens is 206 g/mol. The molecule has 0 unspecified atom stereocenters. The summed E-state index contributed by atoms with van der Waals surface area (Å²) in [4.78, 5) is 4.41. The number of hydrogen-bond acceptors (Lipinski definition) is 1. The second kappa shape index (κ2) is 4.70. The molecule has 0 saturated carbocycles. The predicted molar refractivity (Wildman–Crippen MR) is 73.2 cm³/mol. The van der Waals surface area contributed by atoms with Crippen molar-refractivity contribution in [3.63, 3.8) is 0 Å². The number of nitrogens with zero attached hydrogens (tertiary/aromatic N) is 1. The molecule has 0 N–H and O–H groups in total. The molecule has 2 aromatic rings. The molecule has 17 heavy (non-hydrogen) atoms. The Morgan fingerprint density at radius 2 is 1.35 bits per heavy atom. The first kappa shape index (κ1) is 11.8. The summed E-state index contributed by atoms with van der Waals surface area (Å²) in [6.07, 6.45) is 0. The van der Waals surface area contributed by atoms with E-state index in [0.717, 1.165) is 11.4 Å². The van der Waals surface area contributed by atoms with Crippen molar-refractivity contribution in [1.29, 1.82) is 0 Å². The van der Waals surface area contributed by atoms with Crippen molar-refractivity contribution in [3.05, 3.63) is 53.3 Å². The summed E-state index contributed by atoms with van der Waals surface area (Å²) in [5.41, 5.74) is 6.06. The van der Waals surface area contributed by atoms with Gasteiger partial charge in [0.2, 0.25) is 0 Å². The van der Waals surface area contributed by atoms with E-state index in [1.165, 1.54) is 16.7 Å². The first-order valence-corrected chi connectivity index (χ1v) is 6.12. The number of hydrogen-bond donors (Lipinski definition) is 0. The van der Waals surface area contributed by atoms with Gasteiger partial charge in [-0.3, -0.25) is 4.98 Å². The van der Waals surface area contributed by atoms with Crippen molar-refractivity contribution in [2.75, 3.05) is 0 Å². The molecule has 0 fully saturated rings. The van der Waals surface area contributed by atoms with Gasteiger partial charge >= 0.3 is 0 Å². The van der Waals surface area contributed by atoms with E-state index in [0.29, 0.717) is 5.92 Å². The summed E-state index contributed by atoms with van der Waals surface area (Å²) in [6.45, 7) is 8.52. The summed E-state index contributed by atoms with van der Waals surface area (Å²) in [7, 11) is 0. The van der Waals surface area contributed by atoms with Gasteiger partial charge in [0.05, 0.1) is 0 Å².